The quantitative estimate of drug-likeness (QED) is 0.0594. The Morgan fingerprint density at radius 2 is 0.968 bits per heavy atom. The first-order chi connectivity index (χ1) is 15.2. The topological polar surface area (TPSA) is 26.3 Å². The normalized spacial score (nSPS) is 11.4. The van der Waals surface area contributed by atoms with Crippen LogP contribution in [0, 0.1) is 0 Å². The number of carbonyl (C=O) groups excluding carboxylic acids is 1. The molecule has 0 saturated carbocycles. The van der Waals surface area contributed by atoms with E-state index in [9.17, 15) is 4.79 Å². The molecular formula is C28H55O2P. The summed E-state index contributed by atoms with van der Waals surface area (Å²) < 4.78 is 5.11. The van der Waals surface area contributed by atoms with Crippen molar-refractivity contribution in [2.45, 2.75) is 142 Å². The third-order valence-electron chi connectivity index (χ3n) is 6.04. The van der Waals surface area contributed by atoms with Crippen LogP contribution < -0.4 is 0 Å². The van der Waals surface area contributed by atoms with E-state index in [4.69, 9.17) is 4.74 Å². The third-order valence-corrected chi connectivity index (χ3v) is 7.45. The molecule has 0 radical (unpaired) electrons. The maximum absolute atomic E-state index is 11.2. The first kappa shape index (κ1) is 30.6. The molecule has 184 valence electrons. The van der Waals surface area contributed by atoms with E-state index in [0.717, 1.165) is 6.42 Å². The highest BCUT2D eigenvalue weighted by atomic mass is 31.1. The van der Waals surface area contributed by atoms with Gasteiger partial charge in [-0.2, -0.15) is 0 Å². The van der Waals surface area contributed by atoms with Crippen LogP contribution in [0.4, 0.5) is 0 Å². The van der Waals surface area contributed by atoms with Gasteiger partial charge in [-0.05, 0) is 38.5 Å². The van der Waals surface area contributed by atoms with Gasteiger partial charge in [-0.1, -0.05) is 123 Å². The van der Waals surface area contributed by atoms with Crippen LogP contribution in [-0.4, -0.2) is 24.9 Å². The predicted molar refractivity (Wildman–Crippen MR) is 142 cm³/mol. The Hall–Kier alpha value is -0.360. The molecule has 2 nitrogen and oxygen atoms in total. The molecule has 0 aliphatic carbocycles. The lowest BCUT2D eigenvalue weighted by Crippen LogP contribution is -2.05. The highest BCUT2D eigenvalue weighted by molar-refractivity contribution is 7.37. The molecule has 1 unspecified atom stereocenters. The number of hydrogen-bond donors (Lipinski definition) is 0. The van der Waals surface area contributed by atoms with Gasteiger partial charge in [-0.15, -0.1) is 8.58 Å². The molecule has 0 amide bonds. The van der Waals surface area contributed by atoms with Gasteiger partial charge in [0.2, 0.25) is 0 Å². The zero-order valence-electron chi connectivity index (χ0n) is 21.3. The monoisotopic (exact) mass is 454 g/mol. The van der Waals surface area contributed by atoms with Crippen molar-refractivity contribution in [1.29, 1.82) is 0 Å². The lowest BCUT2D eigenvalue weighted by molar-refractivity contribution is -0.139. The Morgan fingerprint density at radius 3 is 1.35 bits per heavy atom. The minimum Gasteiger partial charge on any atom is -0.462 e. The van der Waals surface area contributed by atoms with Crippen molar-refractivity contribution >= 4 is 14.6 Å². The van der Waals surface area contributed by atoms with E-state index in [1.54, 1.807) is 6.92 Å². The van der Waals surface area contributed by atoms with Crippen molar-refractivity contribution in [1.82, 2.24) is 0 Å². The van der Waals surface area contributed by atoms with Crippen molar-refractivity contribution in [2.75, 3.05) is 18.9 Å². The molecule has 0 aliphatic heterocycles. The Kier molecular flexibility index (Phi) is 25.6. The summed E-state index contributed by atoms with van der Waals surface area (Å²) in [4.78, 5) is 11.2. The van der Waals surface area contributed by atoms with Crippen molar-refractivity contribution < 1.29 is 9.53 Å². The van der Waals surface area contributed by atoms with Crippen LogP contribution in [-0.2, 0) is 9.53 Å². The molecular weight excluding hydrogens is 399 g/mol. The summed E-state index contributed by atoms with van der Waals surface area (Å²) in [6.45, 7) is 8.13. The van der Waals surface area contributed by atoms with Crippen molar-refractivity contribution in [3.05, 3.63) is 12.2 Å². The number of esters is 1. The predicted octanol–water partition coefficient (Wildman–Crippen LogP) is 9.61. The summed E-state index contributed by atoms with van der Waals surface area (Å²) in [6, 6.07) is 0. The molecule has 0 aromatic rings. The van der Waals surface area contributed by atoms with Crippen molar-refractivity contribution in [3.8, 4) is 0 Å². The number of unbranched alkanes of at least 4 members (excludes halogenated alkanes) is 18. The van der Waals surface area contributed by atoms with Gasteiger partial charge in [-0.25, -0.2) is 4.79 Å². The zero-order valence-corrected chi connectivity index (χ0v) is 22.3. The molecule has 31 heavy (non-hydrogen) atoms. The lowest BCUT2D eigenvalue weighted by atomic mass is 10.0. The third kappa shape index (κ3) is 25.8. The zero-order chi connectivity index (χ0) is 22.8. The van der Waals surface area contributed by atoms with Crippen LogP contribution in [0.25, 0.3) is 0 Å². The number of carbonyl (C=O) groups is 1. The van der Waals surface area contributed by atoms with Crippen molar-refractivity contribution in [3.63, 3.8) is 0 Å². The highest BCUT2D eigenvalue weighted by Crippen LogP contribution is 2.18. The smallest absolute Gasteiger partial charge is 0.333 e. The van der Waals surface area contributed by atoms with E-state index >= 15 is 0 Å². The summed E-state index contributed by atoms with van der Waals surface area (Å²) in [5.74, 6) is -0.250. The molecule has 0 aliphatic rings. The van der Waals surface area contributed by atoms with Gasteiger partial charge in [0, 0.05) is 5.57 Å². The molecule has 0 bridgehead atoms. The summed E-state index contributed by atoms with van der Waals surface area (Å²) >= 11 is 0. The molecule has 0 spiro atoms. The van der Waals surface area contributed by atoms with Gasteiger partial charge in [0.15, 0.2) is 0 Å². The number of ether oxygens (including phenoxy) is 1. The van der Waals surface area contributed by atoms with Gasteiger partial charge in [-0.3, -0.25) is 0 Å². The summed E-state index contributed by atoms with van der Waals surface area (Å²) in [5, 5.41) is 0. The van der Waals surface area contributed by atoms with Gasteiger partial charge < -0.3 is 4.74 Å². The fourth-order valence-corrected chi connectivity index (χ4v) is 5.17. The Bertz CT molecular complexity index is 394. The molecule has 0 aromatic carbocycles. The minimum atomic E-state index is -0.250. The van der Waals surface area contributed by atoms with Gasteiger partial charge in [0.05, 0.1) is 6.61 Å². The van der Waals surface area contributed by atoms with Gasteiger partial charge in [0.1, 0.15) is 0 Å². The Labute approximate surface area is 197 Å². The molecule has 3 heteroatoms. The molecule has 1 atom stereocenters. The average Bonchev–Trinajstić information content (AvgIpc) is 2.76. The van der Waals surface area contributed by atoms with Crippen molar-refractivity contribution in [2.24, 2.45) is 0 Å². The van der Waals surface area contributed by atoms with E-state index in [2.05, 4.69) is 13.5 Å². The summed E-state index contributed by atoms with van der Waals surface area (Å²) in [6.07, 6.45) is 30.8. The van der Waals surface area contributed by atoms with Crippen LogP contribution in [0.5, 0.6) is 0 Å². The first-order valence-electron chi connectivity index (χ1n) is 13.7. The fourth-order valence-electron chi connectivity index (χ4n) is 3.92. The second-order valence-corrected chi connectivity index (χ2v) is 10.9. The Balaban J connectivity index is 3.05. The Morgan fingerprint density at radius 1 is 0.613 bits per heavy atom. The van der Waals surface area contributed by atoms with E-state index in [1.807, 2.05) is 0 Å². The van der Waals surface area contributed by atoms with Crippen LogP contribution in [0.1, 0.15) is 142 Å². The number of rotatable bonds is 25. The molecule has 0 saturated heterocycles. The highest BCUT2D eigenvalue weighted by Gasteiger charge is 2.01. The largest absolute Gasteiger partial charge is 0.462 e. The van der Waals surface area contributed by atoms with E-state index in [0.29, 0.717) is 12.2 Å². The van der Waals surface area contributed by atoms with Gasteiger partial charge >= 0.3 is 5.97 Å². The maximum Gasteiger partial charge on any atom is 0.333 e. The maximum atomic E-state index is 11.2. The molecule has 0 fully saturated rings. The SMILES string of the molecule is C=C(C)C(=O)OCCCCCCCCPCCCCCCCCCCCCCCCC. The lowest BCUT2D eigenvalue weighted by Gasteiger charge is -2.05. The van der Waals surface area contributed by atoms with Crippen LogP contribution in [0.15, 0.2) is 12.2 Å². The van der Waals surface area contributed by atoms with E-state index in [-0.39, 0.29) is 5.97 Å². The first-order valence-corrected chi connectivity index (χ1v) is 15.1. The van der Waals surface area contributed by atoms with Gasteiger partial charge in [0.25, 0.3) is 0 Å². The van der Waals surface area contributed by atoms with Crippen LogP contribution >= 0.6 is 8.58 Å². The molecule has 0 rings (SSSR count). The van der Waals surface area contributed by atoms with E-state index in [1.165, 1.54) is 143 Å². The van der Waals surface area contributed by atoms with Crippen LogP contribution in [0.2, 0.25) is 0 Å². The molecule has 0 aromatic heterocycles. The average molecular weight is 455 g/mol. The summed E-state index contributed by atoms with van der Waals surface area (Å²) in [7, 11) is 1.18. The summed E-state index contributed by atoms with van der Waals surface area (Å²) in [5.41, 5.74) is 0.495. The molecule has 0 N–H and O–H groups in total. The second kappa shape index (κ2) is 25.9. The standard InChI is InChI=1S/C28H55O2P/c1-4-5-6-7-8-9-10-11-12-13-14-16-19-22-25-31-26-23-20-17-15-18-21-24-30-28(29)27(2)3/h31H,2,4-26H2,1,3H3. The minimum absolute atomic E-state index is 0.250. The molecule has 0 heterocycles. The van der Waals surface area contributed by atoms with E-state index < -0.39 is 0 Å². The number of hydrogen-bond acceptors (Lipinski definition) is 2. The van der Waals surface area contributed by atoms with Crippen LogP contribution in [0.3, 0.4) is 0 Å². The fraction of sp³-hybridized carbons (Fsp3) is 0.893. The second-order valence-electron chi connectivity index (χ2n) is 9.38.